The lowest BCUT2D eigenvalue weighted by Crippen LogP contribution is -2.43. The second-order valence-electron chi connectivity index (χ2n) is 8.28. The summed E-state index contributed by atoms with van der Waals surface area (Å²) in [5, 5.41) is 3.00. The molecule has 4 atom stereocenters. The van der Waals surface area contributed by atoms with Gasteiger partial charge in [0.25, 0.3) is 0 Å². The largest absolute Gasteiger partial charge is 0.360 e. The zero-order chi connectivity index (χ0) is 20.0. The van der Waals surface area contributed by atoms with E-state index >= 15 is 0 Å². The first-order chi connectivity index (χ1) is 14.1. The minimum atomic E-state index is -0.665. The fourth-order valence-corrected chi connectivity index (χ4v) is 4.83. The summed E-state index contributed by atoms with van der Waals surface area (Å²) in [5.41, 5.74) is 2.65. The quantitative estimate of drug-likeness (QED) is 0.801. The fraction of sp³-hybridized carbons (Fsp3) is 0.333. The molecule has 2 amide bonds. The molecule has 2 aromatic carbocycles. The van der Waals surface area contributed by atoms with E-state index in [2.05, 4.69) is 17.4 Å². The van der Waals surface area contributed by atoms with Crippen LogP contribution in [0.4, 0.5) is 0 Å². The molecule has 2 bridgehead atoms. The van der Waals surface area contributed by atoms with Gasteiger partial charge < -0.3 is 15.0 Å². The van der Waals surface area contributed by atoms with Crippen molar-refractivity contribution >= 4 is 11.8 Å². The molecular weight excluding hydrogens is 364 g/mol. The van der Waals surface area contributed by atoms with E-state index in [9.17, 15) is 9.59 Å². The number of rotatable bonds is 5. The lowest BCUT2D eigenvalue weighted by molar-refractivity contribution is -0.137. The molecule has 3 aliphatic rings. The number of likely N-dealkylation sites (tertiary alicyclic amines) is 1. The number of hydrogen-bond acceptors (Lipinski definition) is 3. The van der Waals surface area contributed by atoms with Crippen LogP contribution in [0, 0.1) is 18.8 Å². The van der Waals surface area contributed by atoms with Gasteiger partial charge in [-0.3, -0.25) is 9.59 Å². The Bertz CT molecular complexity index is 969. The maximum absolute atomic E-state index is 13.3. The number of nitrogens with zero attached hydrogens (tertiary/aromatic N) is 1. The van der Waals surface area contributed by atoms with Crippen molar-refractivity contribution in [1.29, 1.82) is 0 Å². The normalized spacial score (nSPS) is 29.3. The van der Waals surface area contributed by atoms with E-state index < -0.39 is 17.4 Å². The lowest BCUT2D eigenvalue weighted by Gasteiger charge is -2.23. The third-order valence-corrected chi connectivity index (χ3v) is 6.29. The second kappa shape index (κ2) is 6.85. The zero-order valence-corrected chi connectivity index (χ0v) is 16.4. The number of fused-ring (bicyclic) bond motifs is 1. The third-order valence-electron chi connectivity index (χ3n) is 6.29. The molecule has 2 saturated heterocycles. The summed E-state index contributed by atoms with van der Waals surface area (Å²) in [5.74, 6) is -1.02. The van der Waals surface area contributed by atoms with Crippen molar-refractivity contribution in [2.45, 2.75) is 31.7 Å². The topological polar surface area (TPSA) is 58.6 Å². The molecule has 1 N–H and O–H groups in total. The van der Waals surface area contributed by atoms with Gasteiger partial charge in [0, 0.05) is 13.1 Å². The van der Waals surface area contributed by atoms with E-state index in [1.54, 1.807) is 0 Å². The Labute approximate surface area is 170 Å². The van der Waals surface area contributed by atoms with Crippen LogP contribution in [0.5, 0.6) is 0 Å². The van der Waals surface area contributed by atoms with Crippen LogP contribution in [0.1, 0.15) is 16.7 Å². The molecule has 3 aliphatic heterocycles. The summed E-state index contributed by atoms with van der Waals surface area (Å²) >= 11 is 0. The van der Waals surface area contributed by atoms with Gasteiger partial charge in [0.2, 0.25) is 11.8 Å². The molecule has 0 radical (unpaired) electrons. The van der Waals surface area contributed by atoms with Gasteiger partial charge in [-0.1, -0.05) is 72.3 Å². The number of carbonyl (C=O) groups is 2. The van der Waals surface area contributed by atoms with Gasteiger partial charge in [-0.2, -0.15) is 0 Å². The first-order valence-electron chi connectivity index (χ1n) is 10.1. The van der Waals surface area contributed by atoms with Crippen molar-refractivity contribution < 1.29 is 14.3 Å². The number of amides is 2. The molecule has 5 rings (SSSR count). The molecule has 3 heterocycles. The number of nitrogens with one attached hydrogen (secondary N) is 1. The van der Waals surface area contributed by atoms with Gasteiger partial charge in [-0.15, -0.1) is 0 Å². The second-order valence-corrected chi connectivity index (χ2v) is 8.28. The molecule has 0 unspecified atom stereocenters. The summed E-state index contributed by atoms with van der Waals surface area (Å²) < 4.78 is 6.19. The lowest BCUT2D eigenvalue weighted by atomic mass is 9.77. The molecule has 148 valence electrons. The maximum atomic E-state index is 13.3. The van der Waals surface area contributed by atoms with Crippen LogP contribution in [-0.4, -0.2) is 35.0 Å². The molecule has 0 saturated carbocycles. The van der Waals surface area contributed by atoms with E-state index in [0.717, 1.165) is 11.1 Å². The molecular formula is C24H24N2O3. The standard InChI is InChI=1S/C24H24N2O3/c1-16-7-9-18(10-8-16)14-26-15-24-12-11-19(29-24)20(21(24)23(26)28)22(27)25-13-17-5-3-2-4-6-17/h2-12,19-21H,13-15H2,1H3,(H,25,27)/t19-,20-,21-,24+/m0/s1. The van der Waals surface area contributed by atoms with Gasteiger partial charge in [0.15, 0.2) is 0 Å². The average molecular weight is 388 g/mol. The Kier molecular flexibility index (Phi) is 4.28. The predicted molar refractivity (Wildman–Crippen MR) is 109 cm³/mol. The molecule has 0 aliphatic carbocycles. The summed E-state index contributed by atoms with van der Waals surface area (Å²) in [6.07, 6.45) is 3.63. The SMILES string of the molecule is Cc1ccc(CN2C[C@@]34C=C[C@H](O3)[C@H](C(=O)NCc3ccccc3)[C@H]4C2=O)cc1. The van der Waals surface area contributed by atoms with E-state index in [1.165, 1.54) is 5.56 Å². The van der Waals surface area contributed by atoms with Crippen molar-refractivity contribution in [3.63, 3.8) is 0 Å². The molecule has 5 heteroatoms. The Balaban J connectivity index is 1.32. The Hall–Kier alpha value is -2.92. The van der Waals surface area contributed by atoms with Gasteiger partial charge in [0.05, 0.1) is 24.5 Å². The van der Waals surface area contributed by atoms with E-state index in [-0.39, 0.29) is 17.9 Å². The number of carbonyl (C=O) groups excluding carboxylic acids is 2. The van der Waals surface area contributed by atoms with E-state index in [4.69, 9.17) is 4.74 Å². The molecule has 5 nitrogen and oxygen atoms in total. The number of ether oxygens (including phenoxy) is 1. The van der Waals surface area contributed by atoms with Gasteiger partial charge in [0.1, 0.15) is 5.60 Å². The summed E-state index contributed by atoms with van der Waals surface area (Å²) in [6.45, 7) is 3.54. The predicted octanol–water partition coefficient (Wildman–Crippen LogP) is 2.59. The van der Waals surface area contributed by atoms with Crippen molar-refractivity contribution in [2.24, 2.45) is 11.8 Å². The van der Waals surface area contributed by atoms with E-state index in [0.29, 0.717) is 19.6 Å². The number of hydrogen-bond donors (Lipinski definition) is 1. The van der Waals surface area contributed by atoms with Crippen LogP contribution >= 0.6 is 0 Å². The molecule has 2 fully saturated rings. The van der Waals surface area contributed by atoms with Crippen LogP contribution in [0.15, 0.2) is 66.7 Å². The third kappa shape index (κ3) is 3.06. The maximum Gasteiger partial charge on any atom is 0.230 e. The first kappa shape index (κ1) is 18.1. The van der Waals surface area contributed by atoms with Crippen molar-refractivity contribution in [1.82, 2.24) is 10.2 Å². The molecule has 0 aromatic heterocycles. The van der Waals surface area contributed by atoms with Crippen LogP contribution in [0.3, 0.4) is 0 Å². The summed E-state index contributed by atoms with van der Waals surface area (Å²) in [4.78, 5) is 28.1. The first-order valence-corrected chi connectivity index (χ1v) is 10.1. The van der Waals surface area contributed by atoms with Crippen molar-refractivity contribution in [2.75, 3.05) is 6.54 Å². The number of benzene rings is 2. The van der Waals surface area contributed by atoms with Gasteiger partial charge in [-0.05, 0) is 18.1 Å². The molecule has 1 spiro atoms. The van der Waals surface area contributed by atoms with Crippen molar-refractivity contribution in [3.05, 3.63) is 83.4 Å². The highest BCUT2D eigenvalue weighted by Gasteiger charge is 2.66. The van der Waals surface area contributed by atoms with Gasteiger partial charge in [-0.25, -0.2) is 0 Å². The minimum Gasteiger partial charge on any atom is -0.360 e. The summed E-state index contributed by atoms with van der Waals surface area (Å²) in [7, 11) is 0. The Morgan fingerprint density at radius 1 is 1.14 bits per heavy atom. The Morgan fingerprint density at radius 3 is 2.66 bits per heavy atom. The monoisotopic (exact) mass is 388 g/mol. The average Bonchev–Trinajstić information content (AvgIpc) is 3.37. The highest BCUT2D eigenvalue weighted by molar-refractivity contribution is 5.93. The van der Waals surface area contributed by atoms with Gasteiger partial charge >= 0.3 is 0 Å². The highest BCUT2D eigenvalue weighted by atomic mass is 16.5. The van der Waals surface area contributed by atoms with Crippen LogP contribution < -0.4 is 5.32 Å². The molecule has 29 heavy (non-hydrogen) atoms. The molecule has 2 aromatic rings. The smallest absolute Gasteiger partial charge is 0.230 e. The van der Waals surface area contributed by atoms with Crippen LogP contribution in [0.25, 0.3) is 0 Å². The summed E-state index contributed by atoms with van der Waals surface area (Å²) in [6, 6.07) is 18.0. The minimum absolute atomic E-state index is 0.0114. The fourth-order valence-electron chi connectivity index (χ4n) is 4.83. The van der Waals surface area contributed by atoms with Crippen LogP contribution in [-0.2, 0) is 27.4 Å². The number of aryl methyl sites for hydroxylation is 1. The van der Waals surface area contributed by atoms with Crippen LogP contribution in [0.2, 0.25) is 0 Å². The van der Waals surface area contributed by atoms with E-state index in [1.807, 2.05) is 66.4 Å². The highest BCUT2D eigenvalue weighted by Crippen LogP contribution is 2.52. The zero-order valence-electron chi connectivity index (χ0n) is 16.4. The Morgan fingerprint density at radius 2 is 1.90 bits per heavy atom. The van der Waals surface area contributed by atoms with Crippen molar-refractivity contribution in [3.8, 4) is 0 Å².